The summed E-state index contributed by atoms with van der Waals surface area (Å²) in [5, 5.41) is 12.2. The molecule has 30 heavy (non-hydrogen) atoms. The van der Waals surface area contributed by atoms with E-state index in [0.29, 0.717) is 5.92 Å². The zero-order valence-corrected chi connectivity index (χ0v) is 17.3. The fourth-order valence-corrected chi connectivity index (χ4v) is 5.50. The molecule has 2 bridgehead atoms. The number of nitrogens with zero attached hydrogens (tertiary/aromatic N) is 3. The normalized spacial score (nSPS) is 27.0. The third kappa shape index (κ3) is 2.66. The Kier molecular flexibility index (Phi) is 4.20. The van der Waals surface area contributed by atoms with Crippen LogP contribution in [0.2, 0.25) is 0 Å². The molecule has 1 saturated heterocycles. The average Bonchev–Trinajstić information content (AvgIpc) is 3.23. The number of rotatable bonds is 2. The molecule has 1 amide bonds. The van der Waals surface area contributed by atoms with E-state index in [1.165, 1.54) is 11.1 Å². The Morgan fingerprint density at radius 1 is 1.23 bits per heavy atom. The number of aliphatic imine (C=N–C) groups is 1. The highest BCUT2D eigenvalue weighted by Gasteiger charge is 2.49. The molecule has 0 unspecified atom stereocenters. The van der Waals surface area contributed by atoms with Gasteiger partial charge in [0.05, 0.1) is 5.69 Å². The van der Waals surface area contributed by atoms with Gasteiger partial charge in [0, 0.05) is 36.3 Å². The van der Waals surface area contributed by atoms with Crippen molar-refractivity contribution >= 4 is 23.6 Å². The molecule has 3 aliphatic rings. The summed E-state index contributed by atoms with van der Waals surface area (Å²) in [5.74, 6) is 0.549. The summed E-state index contributed by atoms with van der Waals surface area (Å²) in [4.78, 5) is 19.9. The zero-order valence-electron chi connectivity index (χ0n) is 17.3. The number of carbonyl (C=O) groups is 1. The maximum atomic E-state index is 13.5. The standard InChI is InChI=1S/C24H26N4O2/c1-14-21-13-15-3-4-17(22(25)27-30)12-19(15)24(14,2)8-10-28(21)23(29)18-5-6-20-16(11-18)7-9-26-20/h3-6,9,11-12,14,21,30H,7-8,10,13H2,1-2H3,(H2,25,27)/t14-,21-,24-/m1/s1. The minimum absolute atomic E-state index is 0.0491. The Hall–Kier alpha value is -3.15. The summed E-state index contributed by atoms with van der Waals surface area (Å²) in [5.41, 5.74) is 11.9. The van der Waals surface area contributed by atoms with Crippen molar-refractivity contribution in [1.29, 1.82) is 0 Å². The first-order valence-electron chi connectivity index (χ1n) is 10.5. The van der Waals surface area contributed by atoms with Gasteiger partial charge in [-0.2, -0.15) is 0 Å². The highest BCUT2D eigenvalue weighted by atomic mass is 16.4. The molecule has 6 heteroatoms. The minimum Gasteiger partial charge on any atom is -0.409 e. The van der Waals surface area contributed by atoms with Gasteiger partial charge in [-0.25, -0.2) is 0 Å². The fraction of sp³-hybridized carbons (Fsp3) is 0.375. The van der Waals surface area contributed by atoms with Gasteiger partial charge in [0.1, 0.15) is 0 Å². The first-order chi connectivity index (χ1) is 14.4. The summed E-state index contributed by atoms with van der Waals surface area (Å²) in [6.45, 7) is 5.26. The second-order valence-electron chi connectivity index (χ2n) is 8.94. The molecule has 0 spiro atoms. The van der Waals surface area contributed by atoms with Gasteiger partial charge in [0.2, 0.25) is 0 Å². The Morgan fingerprint density at radius 2 is 2.03 bits per heavy atom. The molecule has 2 aromatic rings. The van der Waals surface area contributed by atoms with Crippen molar-refractivity contribution in [3.63, 3.8) is 0 Å². The number of benzene rings is 2. The molecule has 3 atom stereocenters. The van der Waals surface area contributed by atoms with Gasteiger partial charge in [-0.15, -0.1) is 0 Å². The first kappa shape index (κ1) is 18.9. The zero-order chi connectivity index (χ0) is 21.0. The maximum absolute atomic E-state index is 13.5. The van der Waals surface area contributed by atoms with Crippen LogP contribution in [0.4, 0.5) is 5.69 Å². The molecular formula is C24H26N4O2. The lowest BCUT2D eigenvalue weighted by molar-refractivity contribution is 0.0250. The Bertz CT molecular complexity index is 1110. The smallest absolute Gasteiger partial charge is 0.254 e. The van der Waals surface area contributed by atoms with Gasteiger partial charge >= 0.3 is 0 Å². The quantitative estimate of drug-likeness (QED) is 0.349. The van der Waals surface area contributed by atoms with E-state index in [-0.39, 0.29) is 23.2 Å². The molecule has 5 rings (SSSR count). The number of carbonyl (C=O) groups excluding carboxylic acids is 1. The van der Waals surface area contributed by atoms with Crippen LogP contribution >= 0.6 is 0 Å². The van der Waals surface area contributed by atoms with Gasteiger partial charge in [0.15, 0.2) is 5.84 Å². The van der Waals surface area contributed by atoms with Crippen LogP contribution in [0.25, 0.3) is 0 Å². The monoisotopic (exact) mass is 402 g/mol. The molecule has 6 nitrogen and oxygen atoms in total. The van der Waals surface area contributed by atoms with Crippen LogP contribution in [0.15, 0.2) is 46.5 Å². The minimum atomic E-state index is -0.0491. The Balaban J connectivity index is 1.49. The van der Waals surface area contributed by atoms with Gasteiger partial charge in [0.25, 0.3) is 5.91 Å². The van der Waals surface area contributed by atoms with Gasteiger partial charge < -0.3 is 15.8 Å². The summed E-state index contributed by atoms with van der Waals surface area (Å²) in [7, 11) is 0. The number of piperidine rings is 1. The maximum Gasteiger partial charge on any atom is 0.254 e. The van der Waals surface area contributed by atoms with Crippen molar-refractivity contribution in [1.82, 2.24) is 4.90 Å². The highest BCUT2D eigenvalue weighted by molar-refractivity contribution is 5.97. The van der Waals surface area contributed by atoms with E-state index in [1.54, 1.807) is 0 Å². The van der Waals surface area contributed by atoms with Crippen molar-refractivity contribution in [2.45, 2.75) is 44.6 Å². The molecule has 2 heterocycles. The van der Waals surface area contributed by atoms with Crippen molar-refractivity contribution in [3.05, 3.63) is 64.2 Å². The van der Waals surface area contributed by atoms with Crippen LogP contribution in [0, 0.1) is 5.92 Å². The van der Waals surface area contributed by atoms with Gasteiger partial charge in [-0.05, 0) is 65.1 Å². The van der Waals surface area contributed by atoms with E-state index in [9.17, 15) is 4.79 Å². The third-order valence-corrected chi connectivity index (χ3v) is 7.54. The lowest BCUT2D eigenvalue weighted by Gasteiger charge is -2.54. The SMILES string of the molecule is C[C@@H]1[C@H]2Cc3ccc(/C(N)=N\O)cc3[C@]1(C)CCN2C(=O)c1ccc2c(c1)CC=N2. The van der Waals surface area contributed by atoms with Crippen LogP contribution in [0.1, 0.15) is 52.9 Å². The molecular weight excluding hydrogens is 376 g/mol. The van der Waals surface area contributed by atoms with Crippen LogP contribution < -0.4 is 5.73 Å². The summed E-state index contributed by atoms with van der Waals surface area (Å²) < 4.78 is 0. The number of fused-ring (bicyclic) bond motifs is 5. The second kappa shape index (κ2) is 6.69. The summed E-state index contributed by atoms with van der Waals surface area (Å²) in [6.07, 6.45) is 4.40. The molecule has 0 radical (unpaired) electrons. The van der Waals surface area contributed by atoms with E-state index >= 15 is 0 Å². The Morgan fingerprint density at radius 3 is 2.83 bits per heavy atom. The fourth-order valence-electron chi connectivity index (χ4n) is 5.50. The highest BCUT2D eigenvalue weighted by Crippen LogP contribution is 2.49. The topological polar surface area (TPSA) is 91.3 Å². The molecule has 154 valence electrons. The van der Waals surface area contributed by atoms with E-state index in [2.05, 4.69) is 41.0 Å². The van der Waals surface area contributed by atoms with Crippen LogP contribution in [0.3, 0.4) is 0 Å². The average molecular weight is 402 g/mol. The van der Waals surface area contributed by atoms with E-state index in [1.807, 2.05) is 30.5 Å². The molecule has 0 aromatic heterocycles. The number of amidine groups is 1. The van der Waals surface area contributed by atoms with E-state index in [0.717, 1.165) is 48.2 Å². The van der Waals surface area contributed by atoms with Crippen molar-refractivity contribution in [2.24, 2.45) is 21.8 Å². The van der Waals surface area contributed by atoms with E-state index < -0.39 is 0 Å². The number of likely N-dealkylation sites (tertiary alicyclic amines) is 1. The lowest BCUT2D eigenvalue weighted by atomic mass is 9.58. The number of amides is 1. The predicted octanol–water partition coefficient (Wildman–Crippen LogP) is 3.40. The molecule has 3 N–H and O–H groups in total. The van der Waals surface area contributed by atoms with Crippen molar-refractivity contribution < 1.29 is 10.0 Å². The molecule has 2 aliphatic heterocycles. The van der Waals surface area contributed by atoms with Gasteiger partial charge in [-0.3, -0.25) is 9.79 Å². The number of oxime groups is 1. The van der Waals surface area contributed by atoms with Crippen molar-refractivity contribution in [2.75, 3.05) is 6.54 Å². The molecule has 1 aliphatic carbocycles. The predicted molar refractivity (Wildman–Crippen MR) is 117 cm³/mol. The van der Waals surface area contributed by atoms with E-state index in [4.69, 9.17) is 10.9 Å². The van der Waals surface area contributed by atoms with Crippen LogP contribution in [0.5, 0.6) is 0 Å². The largest absolute Gasteiger partial charge is 0.409 e. The lowest BCUT2D eigenvalue weighted by Crippen LogP contribution is -2.59. The third-order valence-electron chi connectivity index (χ3n) is 7.54. The molecule has 0 saturated carbocycles. The number of nitrogens with two attached hydrogens (primary N) is 1. The van der Waals surface area contributed by atoms with Crippen LogP contribution in [-0.4, -0.2) is 40.7 Å². The van der Waals surface area contributed by atoms with Crippen LogP contribution in [-0.2, 0) is 18.3 Å². The molecule has 2 aromatic carbocycles. The Labute approximate surface area is 176 Å². The second-order valence-corrected chi connectivity index (χ2v) is 8.94. The van der Waals surface area contributed by atoms with Gasteiger partial charge in [-0.1, -0.05) is 31.1 Å². The summed E-state index contributed by atoms with van der Waals surface area (Å²) >= 11 is 0. The summed E-state index contributed by atoms with van der Waals surface area (Å²) in [6, 6.07) is 12.0. The molecule has 1 fully saturated rings. The number of hydrogen-bond donors (Lipinski definition) is 2. The number of hydrogen-bond acceptors (Lipinski definition) is 4. The first-order valence-corrected chi connectivity index (χ1v) is 10.5. The van der Waals surface area contributed by atoms with Crippen molar-refractivity contribution in [3.8, 4) is 0 Å².